The molecular formula is C8H9F2NS. The summed E-state index contributed by atoms with van der Waals surface area (Å²) in [7, 11) is 0. The van der Waals surface area contributed by atoms with Crippen LogP contribution in [0.2, 0.25) is 0 Å². The summed E-state index contributed by atoms with van der Waals surface area (Å²) in [4.78, 5) is 0.449. The normalized spacial score (nSPS) is 10.7. The number of halogens is 2. The summed E-state index contributed by atoms with van der Waals surface area (Å²) in [5.41, 5.74) is 6.86. The molecule has 1 aromatic rings. The number of para-hydroxylation sites is 1. The molecule has 66 valence electrons. The van der Waals surface area contributed by atoms with Crippen LogP contribution in [0.5, 0.6) is 0 Å². The Labute approximate surface area is 74.0 Å². The minimum absolute atomic E-state index is 0.447. The molecule has 0 aliphatic carbocycles. The Balaban J connectivity index is 2.92. The van der Waals surface area contributed by atoms with Gasteiger partial charge in [-0.1, -0.05) is 23.9 Å². The van der Waals surface area contributed by atoms with Crippen molar-refractivity contribution in [2.75, 3.05) is 5.73 Å². The number of hydrogen-bond donors (Lipinski definition) is 1. The Morgan fingerprint density at radius 3 is 2.67 bits per heavy atom. The van der Waals surface area contributed by atoms with Gasteiger partial charge in [-0.15, -0.1) is 0 Å². The quantitative estimate of drug-likeness (QED) is 0.571. The standard InChI is InChI=1S/C8H9F2NS/c1-5-3-2-4-6(7(5)11)12-8(9)10/h2-4,8H,11H2,1H3. The summed E-state index contributed by atoms with van der Waals surface area (Å²) in [6.45, 7) is 1.80. The maximum absolute atomic E-state index is 11.9. The number of nitrogens with two attached hydrogens (primary N) is 1. The van der Waals surface area contributed by atoms with Crippen molar-refractivity contribution in [2.24, 2.45) is 0 Å². The van der Waals surface area contributed by atoms with Crippen molar-refractivity contribution in [3.63, 3.8) is 0 Å². The van der Waals surface area contributed by atoms with Crippen LogP contribution in [0.4, 0.5) is 14.5 Å². The molecule has 2 N–H and O–H groups in total. The summed E-state index contributed by atoms with van der Waals surface area (Å²) in [5.74, 6) is -2.41. The average Bonchev–Trinajstić information content (AvgIpc) is 1.98. The van der Waals surface area contributed by atoms with Gasteiger partial charge in [0.05, 0.1) is 0 Å². The lowest BCUT2D eigenvalue weighted by Gasteiger charge is -2.06. The summed E-state index contributed by atoms with van der Waals surface area (Å²) in [6, 6.07) is 5.11. The van der Waals surface area contributed by atoms with Crippen molar-refractivity contribution in [3.8, 4) is 0 Å². The maximum Gasteiger partial charge on any atom is 0.288 e. The van der Waals surface area contributed by atoms with E-state index >= 15 is 0 Å². The van der Waals surface area contributed by atoms with E-state index < -0.39 is 5.76 Å². The minimum atomic E-state index is -2.41. The van der Waals surface area contributed by atoms with E-state index in [9.17, 15) is 8.78 Å². The Morgan fingerprint density at radius 2 is 2.08 bits per heavy atom. The third kappa shape index (κ3) is 2.11. The summed E-state index contributed by atoms with van der Waals surface area (Å²) >= 11 is 0.481. The van der Waals surface area contributed by atoms with Gasteiger partial charge in [0.1, 0.15) is 0 Å². The predicted molar refractivity (Wildman–Crippen MR) is 47.5 cm³/mol. The number of anilines is 1. The van der Waals surface area contributed by atoms with E-state index in [1.165, 1.54) is 0 Å². The van der Waals surface area contributed by atoms with Crippen LogP contribution in [0.3, 0.4) is 0 Å². The van der Waals surface area contributed by atoms with Crippen LogP contribution in [0.25, 0.3) is 0 Å². The molecule has 0 bridgehead atoms. The second kappa shape index (κ2) is 3.76. The van der Waals surface area contributed by atoms with Gasteiger partial charge in [0.25, 0.3) is 5.76 Å². The van der Waals surface area contributed by atoms with Gasteiger partial charge < -0.3 is 5.73 Å². The van der Waals surface area contributed by atoms with E-state index in [0.717, 1.165) is 5.56 Å². The minimum Gasteiger partial charge on any atom is -0.398 e. The number of benzene rings is 1. The summed E-state index contributed by atoms with van der Waals surface area (Å²) < 4.78 is 23.9. The first-order valence-corrected chi connectivity index (χ1v) is 4.29. The molecule has 1 aromatic carbocycles. The molecule has 0 unspecified atom stereocenters. The van der Waals surface area contributed by atoms with Crippen LogP contribution in [-0.2, 0) is 0 Å². The van der Waals surface area contributed by atoms with Gasteiger partial charge in [-0.2, -0.15) is 8.78 Å². The molecule has 1 nitrogen and oxygen atoms in total. The molecule has 0 spiro atoms. The smallest absolute Gasteiger partial charge is 0.288 e. The Kier molecular flexibility index (Phi) is 2.92. The molecule has 0 atom stereocenters. The van der Waals surface area contributed by atoms with Gasteiger partial charge >= 0.3 is 0 Å². The number of rotatable bonds is 2. The van der Waals surface area contributed by atoms with Gasteiger partial charge in [-0.3, -0.25) is 0 Å². The molecule has 0 saturated carbocycles. The first-order chi connectivity index (χ1) is 5.61. The monoisotopic (exact) mass is 189 g/mol. The highest BCUT2D eigenvalue weighted by Gasteiger charge is 2.08. The molecule has 0 aliphatic rings. The fourth-order valence-electron chi connectivity index (χ4n) is 0.852. The second-order valence-corrected chi connectivity index (χ2v) is 3.40. The third-order valence-corrected chi connectivity index (χ3v) is 2.29. The van der Waals surface area contributed by atoms with Crippen LogP contribution in [0.15, 0.2) is 23.1 Å². The van der Waals surface area contributed by atoms with Crippen molar-refractivity contribution in [1.29, 1.82) is 0 Å². The first kappa shape index (κ1) is 9.32. The van der Waals surface area contributed by atoms with Crippen molar-refractivity contribution >= 4 is 17.4 Å². The molecule has 1 rings (SSSR count). The Bertz CT molecular complexity index is 276. The van der Waals surface area contributed by atoms with Crippen molar-refractivity contribution in [1.82, 2.24) is 0 Å². The van der Waals surface area contributed by atoms with E-state index in [4.69, 9.17) is 5.73 Å². The highest BCUT2D eigenvalue weighted by atomic mass is 32.2. The van der Waals surface area contributed by atoms with Crippen LogP contribution in [-0.4, -0.2) is 5.76 Å². The molecule has 0 saturated heterocycles. The summed E-state index contributed by atoms with van der Waals surface area (Å²) in [6.07, 6.45) is 0. The average molecular weight is 189 g/mol. The fourth-order valence-corrected chi connectivity index (χ4v) is 1.49. The van der Waals surface area contributed by atoms with Gasteiger partial charge in [0.2, 0.25) is 0 Å². The highest BCUT2D eigenvalue weighted by Crippen LogP contribution is 2.31. The number of alkyl halides is 2. The third-order valence-electron chi connectivity index (χ3n) is 1.50. The maximum atomic E-state index is 11.9. The number of aryl methyl sites for hydroxylation is 1. The van der Waals surface area contributed by atoms with Gasteiger partial charge in [-0.25, -0.2) is 0 Å². The Morgan fingerprint density at radius 1 is 1.42 bits per heavy atom. The molecule has 0 aliphatic heterocycles. The molecule has 0 amide bonds. The van der Waals surface area contributed by atoms with E-state index in [2.05, 4.69) is 0 Å². The van der Waals surface area contributed by atoms with Crippen molar-refractivity contribution < 1.29 is 8.78 Å². The van der Waals surface area contributed by atoms with Gasteiger partial charge in [0, 0.05) is 10.6 Å². The van der Waals surface area contributed by atoms with Crippen molar-refractivity contribution in [3.05, 3.63) is 23.8 Å². The van der Waals surface area contributed by atoms with E-state index in [1.807, 2.05) is 0 Å². The lowest BCUT2D eigenvalue weighted by molar-refractivity contribution is 0.252. The van der Waals surface area contributed by atoms with Gasteiger partial charge in [0.15, 0.2) is 0 Å². The van der Waals surface area contributed by atoms with Crippen LogP contribution >= 0.6 is 11.8 Å². The van der Waals surface area contributed by atoms with Crippen molar-refractivity contribution in [2.45, 2.75) is 17.6 Å². The SMILES string of the molecule is Cc1cccc(SC(F)F)c1N. The largest absolute Gasteiger partial charge is 0.398 e. The predicted octanol–water partition coefficient (Wildman–Crippen LogP) is 2.89. The molecule has 0 aromatic heterocycles. The van der Waals surface area contributed by atoms with E-state index in [0.29, 0.717) is 22.3 Å². The molecule has 0 radical (unpaired) electrons. The zero-order valence-electron chi connectivity index (χ0n) is 6.55. The number of hydrogen-bond acceptors (Lipinski definition) is 2. The molecule has 0 heterocycles. The summed E-state index contributed by atoms with van der Waals surface area (Å²) in [5, 5.41) is 0. The zero-order valence-corrected chi connectivity index (χ0v) is 7.37. The van der Waals surface area contributed by atoms with E-state index in [1.54, 1.807) is 25.1 Å². The topological polar surface area (TPSA) is 26.0 Å². The first-order valence-electron chi connectivity index (χ1n) is 3.41. The zero-order chi connectivity index (χ0) is 9.14. The fraction of sp³-hybridized carbons (Fsp3) is 0.250. The second-order valence-electron chi connectivity index (χ2n) is 2.37. The molecule has 12 heavy (non-hydrogen) atoms. The van der Waals surface area contributed by atoms with Gasteiger partial charge in [-0.05, 0) is 18.6 Å². The van der Waals surface area contributed by atoms with Crippen LogP contribution < -0.4 is 5.73 Å². The number of nitrogen functional groups attached to an aromatic ring is 1. The Hall–Kier alpha value is -0.770. The molecular weight excluding hydrogens is 180 g/mol. The van der Waals surface area contributed by atoms with Crippen LogP contribution in [0, 0.1) is 6.92 Å². The van der Waals surface area contributed by atoms with Crippen LogP contribution in [0.1, 0.15) is 5.56 Å². The molecule has 0 fully saturated rings. The molecule has 4 heteroatoms. The lowest BCUT2D eigenvalue weighted by Crippen LogP contribution is -1.93. The van der Waals surface area contributed by atoms with E-state index in [-0.39, 0.29) is 0 Å². The lowest BCUT2D eigenvalue weighted by atomic mass is 10.2. The number of thioether (sulfide) groups is 1. The highest BCUT2D eigenvalue weighted by molar-refractivity contribution is 7.99.